The average molecular weight is 260 g/mol. The molecule has 0 aliphatic carbocycles. The van der Waals surface area contributed by atoms with Crippen molar-refractivity contribution in [1.29, 1.82) is 0 Å². The zero-order valence-electron chi connectivity index (χ0n) is 12.1. The van der Waals surface area contributed by atoms with Crippen LogP contribution in [0.5, 0.6) is 0 Å². The molecule has 100 valence electrons. The summed E-state index contributed by atoms with van der Waals surface area (Å²) in [6, 6.07) is 26.2. The van der Waals surface area contributed by atoms with E-state index in [1.54, 1.807) is 0 Å². The van der Waals surface area contributed by atoms with Gasteiger partial charge in [-0.15, -0.1) is 0 Å². The SMILES string of the molecule is CC(C)C(c1ccccc1)c1ccc2ccccc2c1. The molecular weight excluding hydrogens is 240 g/mol. The van der Waals surface area contributed by atoms with Gasteiger partial charge in [-0.25, -0.2) is 0 Å². The van der Waals surface area contributed by atoms with Crippen molar-refractivity contribution in [3.05, 3.63) is 83.9 Å². The Morgan fingerprint density at radius 2 is 1.25 bits per heavy atom. The van der Waals surface area contributed by atoms with Crippen LogP contribution < -0.4 is 0 Å². The molecule has 0 aromatic heterocycles. The summed E-state index contributed by atoms with van der Waals surface area (Å²) in [4.78, 5) is 0. The first-order chi connectivity index (χ1) is 9.75. The second-order valence-electron chi connectivity index (χ2n) is 5.74. The summed E-state index contributed by atoms with van der Waals surface area (Å²) in [5, 5.41) is 2.64. The molecule has 0 heterocycles. The summed E-state index contributed by atoms with van der Waals surface area (Å²) in [5.74, 6) is 1.04. The molecule has 0 radical (unpaired) electrons. The molecule has 0 amide bonds. The van der Waals surface area contributed by atoms with Crippen molar-refractivity contribution in [3.63, 3.8) is 0 Å². The molecular formula is C20H20. The first-order valence-electron chi connectivity index (χ1n) is 7.29. The Balaban J connectivity index is 2.10. The Morgan fingerprint density at radius 1 is 0.600 bits per heavy atom. The minimum Gasteiger partial charge on any atom is -0.0622 e. The maximum absolute atomic E-state index is 2.34. The van der Waals surface area contributed by atoms with E-state index in [0.29, 0.717) is 11.8 Å². The van der Waals surface area contributed by atoms with Gasteiger partial charge in [0.15, 0.2) is 0 Å². The Kier molecular flexibility index (Phi) is 3.56. The van der Waals surface area contributed by atoms with E-state index in [9.17, 15) is 0 Å². The monoisotopic (exact) mass is 260 g/mol. The van der Waals surface area contributed by atoms with Gasteiger partial charge in [0.1, 0.15) is 0 Å². The summed E-state index contributed by atoms with van der Waals surface area (Å²) in [7, 11) is 0. The van der Waals surface area contributed by atoms with Crippen molar-refractivity contribution >= 4 is 10.8 Å². The molecule has 0 spiro atoms. The molecule has 0 nitrogen and oxygen atoms in total. The summed E-state index contributed by atoms with van der Waals surface area (Å²) in [5.41, 5.74) is 2.81. The van der Waals surface area contributed by atoms with Gasteiger partial charge in [0.05, 0.1) is 0 Å². The molecule has 0 saturated heterocycles. The number of fused-ring (bicyclic) bond motifs is 1. The van der Waals surface area contributed by atoms with Gasteiger partial charge in [0.25, 0.3) is 0 Å². The molecule has 3 rings (SSSR count). The normalized spacial score (nSPS) is 12.8. The molecule has 1 atom stereocenters. The van der Waals surface area contributed by atoms with Crippen molar-refractivity contribution in [1.82, 2.24) is 0 Å². The van der Waals surface area contributed by atoms with Crippen LogP contribution in [0.1, 0.15) is 30.9 Å². The summed E-state index contributed by atoms with van der Waals surface area (Å²) in [6.45, 7) is 4.60. The first kappa shape index (κ1) is 12.9. The number of benzene rings is 3. The standard InChI is InChI=1S/C20H20/c1-15(2)20(17-9-4-3-5-10-17)19-13-12-16-8-6-7-11-18(16)14-19/h3-15,20H,1-2H3. The molecule has 0 aliphatic rings. The van der Waals surface area contributed by atoms with E-state index in [0.717, 1.165) is 0 Å². The van der Waals surface area contributed by atoms with Crippen molar-refractivity contribution in [3.8, 4) is 0 Å². The Morgan fingerprint density at radius 3 is 1.95 bits per heavy atom. The van der Waals surface area contributed by atoms with Crippen LogP contribution in [0.2, 0.25) is 0 Å². The summed E-state index contributed by atoms with van der Waals surface area (Å²) < 4.78 is 0. The second kappa shape index (κ2) is 5.50. The van der Waals surface area contributed by atoms with Crippen LogP contribution >= 0.6 is 0 Å². The molecule has 0 N–H and O–H groups in total. The molecule has 0 bridgehead atoms. The van der Waals surface area contributed by atoms with Gasteiger partial charge in [-0.1, -0.05) is 86.6 Å². The molecule has 0 saturated carbocycles. The third-order valence-electron chi connectivity index (χ3n) is 3.96. The highest BCUT2D eigenvalue weighted by Gasteiger charge is 2.17. The van der Waals surface area contributed by atoms with Crippen molar-refractivity contribution in [2.75, 3.05) is 0 Å². The highest BCUT2D eigenvalue weighted by Crippen LogP contribution is 2.33. The number of hydrogen-bond donors (Lipinski definition) is 0. The van der Waals surface area contributed by atoms with E-state index in [2.05, 4.69) is 86.6 Å². The maximum Gasteiger partial charge on any atom is 0.0113 e. The predicted octanol–water partition coefficient (Wildman–Crippen LogP) is 5.63. The fourth-order valence-corrected chi connectivity index (χ4v) is 3.02. The fraction of sp³-hybridized carbons (Fsp3) is 0.200. The van der Waals surface area contributed by atoms with Gasteiger partial charge < -0.3 is 0 Å². The highest BCUT2D eigenvalue weighted by atomic mass is 14.2. The van der Waals surface area contributed by atoms with Crippen molar-refractivity contribution in [2.45, 2.75) is 19.8 Å². The molecule has 3 aromatic carbocycles. The Hall–Kier alpha value is -2.08. The van der Waals surface area contributed by atoms with Crippen LogP contribution in [0.3, 0.4) is 0 Å². The quantitative estimate of drug-likeness (QED) is 0.572. The molecule has 1 unspecified atom stereocenters. The van der Waals surface area contributed by atoms with Crippen molar-refractivity contribution in [2.24, 2.45) is 5.92 Å². The van der Waals surface area contributed by atoms with Crippen LogP contribution in [0, 0.1) is 5.92 Å². The minimum atomic E-state index is 0.459. The molecule has 0 aliphatic heterocycles. The summed E-state index contributed by atoms with van der Waals surface area (Å²) >= 11 is 0. The van der Waals surface area contributed by atoms with E-state index in [1.165, 1.54) is 21.9 Å². The lowest BCUT2D eigenvalue weighted by Gasteiger charge is -2.22. The number of hydrogen-bond acceptors (Lipinski definition) is 0. The smallest absolute Gasteiger partial charge is 0.0113 e. The molecule has 0 fully saturated rings. The third kappa shape index (κ3) is 2.46. The maximum atomic E-state index is 2.34. The topological polar surface area (TPSA) is 0 Å². The van der Waals surface area contributed by atoms with Gasteiger partial charge in [-0.3, -0.25) is 0 Å². The fourth-order valence-electron chi connectivity index (χ4n) is 3.02. The second-order valence-corrected chi connectivity index (χ2v) is 5.74. The lowest BCUT2D eigenvalue weighted by atomic mass is 9.82. The van der Waals surface area contributed by atoms with Gasteiger partial charge >= 0.3 is 0 Å². The Labute approximate surface area is 121 Å². The van der Waals surface area contributed by atoms with Crippen LogP contribution in [-0.4, -0.2) is 0 Å². The van der Waals surface area contributed by atoms with E-state index < -0.39 is 0 Å². The predicted molar refractivity (Wildman–Crippen MR) is 87.1 cm³/mol. The molecule has 3 aromatic rings. The first-order valence-corrected chi connectivity index (χ1v) is 7.29. The van der Waals surface area contributed by atoms with Gasteiger partial charge in [-0.2, -0.15) is 0 Å². The van der Waals surface area contributed by atoms with Crippen LogP contribution in [-0.2, 0) is 0 Å². The molecule has 0 heteroatoms. The van der Waals surface area contributed by atoms with Gasteiger partial charge in [-0.05, 0) is 27.8 Å². The van der Waals surface area contributed by atoms with Crippen LogP contribution in [0.4, 0.5) is 0 Å². The third-order valence-corrected chi connectivity index (χ3v) is 3.96. The van der Waals surface area contributed by atoms with E-state index in [-0.39, 0.29) is 0 Å². The number of rotatable bonds is 3. The zero-order chi connectivity index (χ0) is 13.9. The lowest BCUT2D eigenvalue weighted by Crippen LogP contribution is -2.08. The summed E-state index contributed by atoms with van der Waals surface area (Å²) in [6.07, 6.45) is 0. The van der Waals surface area contributed by atoms with Crippen LogP contribution in [0.25, 0.3) is 10.8 Å². The van der Waals surface area contributed by atoms with Gasteiger partial charge in [0, 0.05) is 5.92 Å². The largest absolute Gasteiger partial charge is 0.0622 e. The average Bonchev–Trinajstić information content (AvgIpc) is 2.48. The molecule has 20 heavy (non-hydrogen) atoms. The van der Waals surface area contributed by atoms with E-state index >= 15 is 0 Å². The highest BCUT2D eigenvalue weighted by molar-refractivity contribution is 5.83. The zero-order valence-corrected chi connectivity index (χ0v) is 12.1. The van der Waals surface area contributed by atoms with Crippen LogP contribution in [0.15, 0.2) is 72.8 Å². The van der Waals surface area contributed by atoms with Crippen molar-refractivity contribution < 1.29 is 0 Å². The Bertz CT molecular complexity index is 695. The lowest BCUT2D eigenvalue weighted by molar-refractivity contribution is 0.564. The van der Waals surface area contributed by atoms with E-state index in [1.807, 2.05) is 0 Å². The van der Waals surface area contributed by atoms with E-state index in [4.69, 9.17) is 0 Å². The minimum absolute atomic E-state index is 0.459. The van der Waals surface area contributed by atoms with Gasteiger partial charge in [0.2, 0.25) is 0 Å².